The van der Waals surface area contributed by atoms with Crippen LogP contribution in [0.15, 0.2) is 21.6 Å². The lowest BCUT2D eigenvalue weighted by Gasteiger charge is -2.18. The monoisotopic (exact) mass is 377 g/mol. The van der Waals surface area contributed by atoms with Gasteiger partial charge >= 0.3 is 0 Å². The summed E-state index contributed by atoms with van der Waals surface area (Å²) < 4.78 is 28.6. The molecule has 1 aromatic rings. The lowest BCUT2D eigenvalue weighted by Crippen LogP contribution is -2.34. The van der Waals surface area contributed by atoms with E-state index in [0.29, 0.717) is 16.8 Å². The zero-order chi connectivity index (χ0) is 15.9. The largest absolute Gasteiger partial charge is 0.369 e. The van der Waals surface area contributed by atoms with Crippen LogP contribution in [-0.4, -0.2) is 26.0 Å². The molecular weight excluding hydrogens is 354 g/mol. The van der Waals surface area contributed by atoms with E-state index >= 15 is 0 Å². The summed E-state index contributed by atoms with van der Waals surface area (Å²) in [5, 5.41) is 3.07. The van der Waals surface area contributed by atoms with E-state index in [1.807, 2.05) is 20.8 Å². The van der Waals surface area contributed by atoms with Gasteiger partial charge in [0.15, 0.2) is 0 Å². The molecule has 0 saturated heterocycles. The molecule has 0 amide bonds. The molecule has 2 N–H and O–H groups in total. The van der Waals surface area contributed by atoms with Crippen molar-refractivity contribution in [1.29, 1.82) is 0 Å². The smallest absolute Gasteiger partial charge is 0.244 e. The molecule has 21 heavy (non-hydrogen) atoms. The van der Waals surface area contributed by atoms with Gasteiger partial charge in [0, 0.05) is 23.3 Å². The van der Waals surface area contributed by atoms with Crippen molar-refractivity contribution >= 4 is 31.8 Å². The van der Waals surface area contributed by atoms with Crippen molar-refractivity contribution in [1.82, 2.24) is 9.71 Å². The molecule has 1 heterocycles. The Bertz CT molecular complexity index is 549. The van der Waals surface area contributed by atoms with Crippen LogP contribution in [0.4, 0.5) is 5.82 Å². The maximum atomic E-state index is 12.6. The van der Waals surface area contributed by atoms with E-state index in [1.54, 1.807) is 12.3 Å². The molecule has 0 aliphatic carbocycles. The third-order valence-corrected chi connectivity index (χ3v) is 5.07. The van der Waals surface area contributed by atoms with Crippen molar-refractivity contribution in [3.05, 3.63) is 16.7 Å². The molecule has 0 bridgehead atoms. The van der Waals surface area contributed by atoms with Crippen molar-refractivity contribution < 1.29 is 8.42 Å². The molecule has 1 unspecified atom stereocenters. The standard InChI is InChI=1S/C14H24BrN3O2S/c1-4-7-12(6-3)18-21(19,20)13-9-11(15)10-17-14(13)16-8-5-2/h9-10,12,18H,4-8H2,1-3H3,(H,16,17). The molecule has 1 rings (SSSR count). The zero-order valence-electron chi connectivity index (χ0n) is 12.8. The minimum atomic E-state index is -3.58. The molecule has 0 radical (unpaired) electrons. The Morgan fingerprint density at radius 1 is 1.29 bits per heavy atom. The predicted molar refractivity (Wildman–Crippen MR) is 90.0 cm³/mol. The molecule has 0 fully saturated rings. The van der Waals surface area contributed by atoms with Crippen molar-refractivity contribution in [2.75, 3.05) is 11.9 Å². The Hall–Kier alpha value is -0.660. The predicted octanol–water partition coefficient (Wildman–Crippen LogP) is 3.52. The fourth-order valence-corrected chi connectivity index (χ4v) is 3.97. The van der Waals surface area contributed by atoms with Crippen molar-refractivity contribution in [2.45, 2.75) is 57.4 Å². The number of aromatic nitrogens is 1. The Labute approximate surface area is 136 Å². The number of nitrogens with one attached hydrogen (secondary N) is 2. The summed E-state index contributed by atoms with van der Waals surface area (Å²) >= 11 is 3.29. The number of rotatable bonds is 9. The number of hydrogen-bond donors (Lipinski definition) is 2. The summed E-state index contributed by atoms with van der Waals surface area (Å²) in [6, 6.07) is 1.55. The van der Waals surface area contributed by atoms with Gasteiger partial charge in [-0.05, 0) is 41.3 Å². The van der Waals surface area contributed by atoms with E-state index < -0.39 is 10.0 Å². The molecule has 0 spiro atoms. The summed E-state index contributed by atoms with van der Waals surface area (Å²) in [6.07, 6.45) is 5.04. The first kappa shape index (κ1) is 18.4. The van der Waals surface area contributed by atoms with E-state index in [1.165, 1.54) is 0 Å². The topological polar surface area (TPSA) is 71.1 Å². The molecule has 0 saturated carbocycles. The number of halogens is 1. The van der Waals surface area contributed by atoms with E-state index in [9.17, 15) is 8.42 Å². The van der Waals surface area contributed by atoms with Gasteiger partial charge in [-0.2, -0.15) is 0 Å². The number of hydrogen-bond acceptors (Lipinski definition) is 4. The molecule has 1 atom stereocenters. The van der Waals surface area contributed by atoms with Crippen LogP contribution in [0, 0.1) is 0 Å². The number of nitrogens with zero attached hydrogens (tertiary/aromatic N) is 1. The van der Waals surface area contributed by atoms with E-state index in [-0.39, 0.29) is 10.9 Å². The Kier molecular flexibility index (Phi) is 7.62. The molecule has 0 aliphatic rings. The van der Waals surface area contributed by atoms with Gasteiger partial charge in [-0.25, -0.2) is 18.1 Å². The molecule has 1 aromatic heterocycles. The van der Waals surface area contributed by atoms with Gasteiger partial charge in [-0.3, -0.25) is 0 Å². The summed E-state index contributed by atoms with van der Waals surface area (Å²) in [6.45, 7) is 6.74. The highest BCUT2D eigenvalue weighted by molar-refractivity contribution is 9.10. The normalized spacial score (nSPS) is 13.1. The van der Waals surface area contributed by atoms with Crippen LogP contribution >= 0.6 is 15.9 Å². The summed E-state index contributed by atoms with van der Waals surface area (Å²) in [5.41, 5.74) is 0. The van der Waals surface area contributed by atoms with Crippen LogP contribution in [0.25, 0.3) is 0 Å². The third-order valence-electron chi connectivity index (χ3n) is 3.10. The van der Waals surface area contributed by atoms with Crippen molar-refractivity contribution in [2.24, 2.45) is 0 Å². The first-order valence-electron chi connectivity index (χ1n) is 7.36. The minimum absolute atomic E-state index is 0.0435. The number of sulfonamides is 1. The van der Waals surface area contributed by atoms with Gasteiger partial charge in [0.2, 0.25) is 10.0 Å². The van der Waals surface area contributed by atoms with E-state index in [4.69, 9.17) is 0 Å². The highest BCUT2D eigenvalue weighted by atomic mass is 79.9. The van der Waals surface area contributed by atoms with Gasteiger partial charge < -0.3 is 5.32 Å². The van der Waals surface area contributed by atoms with Gasteiger partial charge in [0.1, 0.15) is 10.7 Å². The third kappa shape index (κ3) is 5.56. The highest BCUT2D eigenvalue weighted by Crippen LogP contribution is 2.23. The lowest BCUT2D eigenvalue weighted by molar-refractivity contribution is 0.512. The quantitative estimate of drug-likeness (QED) is 0.690. The van der Waals surface area contributed by atoms with Crippen LogP contribution in [0.3, 0.4) is 0 Å². The van der Waals surface area contributed by atoms with Crippen molar-refractivity contribution in [3.8, 4) is 0 Å². The molecule has 120 valence electrons. The second kappa shape index (κ2) is 8.70. The Balaban J connectivity index is 3.07. The van der Waals surface area contributed by atoms with Crippen molar-refractivity contribution in [3.63, 3.8) is 0 Å². The molecule has 0 aromatic carbocycles. The molecule has 0 aliphatic heterocycles. The zero-order valence-corrected chi connectivity index (χ0v) is 15.2. The minimum Gasteiger partial charge on any atom is -0.369 e. The summed E-state index contributed by atoms with van der Waals surface area (Å²) in [7, 11) is -3.58. The first-order chi connectivity index (χ1) is 9.94. The van der Waals surface area contributed by atoms with Crippen LogP contribution in [0.2, 0.25) is 0 Å². The average Bonchev–Trinajstić information content (AvgIpc) is 2.45. The van der Waals surface area contributed by atoms with Gasteiger partial charge in [0.05, 0.1) is 0 Å². The van der Waals surface area contributed by atoms with E-state index in [2.05, 4.69) is 31.0 Å². The summed E-state index contributed by atoms with van der Waals surface area (Å²) in [4.78, 5) is 4.38. The van der Waals surface area contributed by atoms with Crippen LogP contribution < -0.4 is 10.0 Å². The number of pyridine rings is 1. The van der Waals surface area contributed by atoms with Crippen LogP contribution in [0.5, 0.6) is 0 Å². The van der Waals surface area contributed by atoms with Gasteiger partial charge in [-0.1, -0.05) is 27.2 Å². The molecule has 7 heteroatoms. The van der Waals surface area contributed by atoms with E-state index in [0.717, 1.165) is 25.7 Å². The summed E-state index contributed by atoms with van der Waals surface area (Å²) in [5.74, 6) is 0.402. The molecule has 5 nitrogen and oxygen atoms in total. The number of anilines is 1. The second-order valence-corrected chi connectivity index (χ2v) is 7.54. The SMILES string of the molecule is CCCNc1ncc(Br)cc1S(=O)(=O)NC(CC)CCC. The first-order valence-corrected chi connectivity index (χ1v) is 9.63. The molecular formula is C14H24BrN3O2S. The second-order valence-electron chi connectivity index (χ2n) is 4.94. The van der Waals surface area contributed by atoms with Crippen LogP contribution in [0.1, 0.15) is 46.5 Å². The fourth-order valence-electron chi connectivity index (χ4n) is 1.98. The van der Waals surface area contributed by atoms with Gasteiger partial charge in [0.25, 0.3) is 0 Å². The average molecular weight is 378 g/mol. The lowest BCUT2D eigenvalue weighted by atomic mass is 10.1. The fraction of sp³-hybridized carbons (Fsp3) is 0.643. The highest BCUT2D eigenvalue weighted by Gasteiger charge is 2.23. The maximum absolute atomic E-state index is 12.6. The van der Waals surface area contributed by atoms with Gasteiger partial charge in [-0.15, -0.1) is 0 Å². The maximum Gasteiger partial charge on any atom is 0.244 e. The Morgan fingerprint density at radius 3 is 2.57 bits per heavy atom. The van der Waals surface area contributed by atoms with Crippen LogP contribution in [-0.2, 0) is 10.0 Å². The Morgan fingerprint density at radius 2 is 2.00 bits per heavy atom.